The number of esters is 1. The number of carbonyl (C=O) groups is 1. The molecule has 5 nitrogen and oxygen atoms in total. The quantitative estimate of drug-likeness (QED) is 0.819. The first-order chi connectivity index (χ1) is 8.70. The molecule has 18 heavy (non-hydrogen) atoms. The van der Waals surface area contributed by atoms with E-state index in [2.05, 4.69) is 15.0 Å². The standard InChI is InChI=1S/C13H18N2O3/c1-9-11(13(16)17-2)3-4-12(15-9)18-10-5-7-14-8-6-10/h3-4,10,14H,5-8H2,1-2H3. The second-order valence-electron chi connectivity index (χ2n) is 4.34. The van der Waals surface area contributed by atoms with E-state index < -0.39 is 0 Å². The molecular weight excluding hydrogens is 232 g/mol. The molecule has 0 bridgehead atoms. The van der Waals surface area contributed by atoms with Crippen molar-refractivity contribution in [2.45, 2.75) is 25.9 Å². The highest BCUT2D eigenvalue weighted by Crippen LogP contribution is 2.17. The highest BCUT2D eigenvalue weighted by atomic mass is 16.5. The third-order valence-corrected chi connectivity index (χ3v) is 3.04. The number of hydrogen-bond acceptors (Lipinski definition) is 5. The Morgan fingerprint density at radius 2 is 2.11 bits per heavy atom. The molecule has 0 spiro atoms. The molecule has 0 aliphatic carbocycles. The Bertz CT molecular complexity index is 428. The summed E-state index contributed by atoms with van der Waals surface area (Å²) in [5, 5.41) is 3.28. The molecule has 0 radical (unpaired) electrons. The summed E-state index contributed by atoms with van der Waals surface area (Å²) in [5.41, 5.74) is 1.11. The monoisotopic (exact) mass is 250 g/mol. The minimum absolute atomic E-state index is 0.210. The molecule has 5 heteroatoms. The molecule has 0 atom stereocenters. The van der Waals surface area contributed by atoms with Gasteiger partial charge < -0.3 is 14.8 Å². The van der Waals surface area contributed by atoms with E-state index in [1.165, 1.54) is 7.11 Å². The summed E-state index contributed by atoms with van der Waals surface area (Å²) < 4.78 is 10.5. The van der Waals surface area contributed by atoms with E-state index in [1.807, 2.05) is 0 Å². The largest absolute Gasteiger partial charge is 0.474 e. The predicted octanol–water partition coefficient (Wildman–Crippen LogP) is 1.31. The van der Waals surface area contributed by atoms with Crippen molar-refractivity contribution < 1.29 is 14.3 Å². The lowest BCUT2D eigenvalue weighted by atomic mass is 10.1. The van der Waals surface area contributed by atoms with E-state index in [-0.39, 0.29) is 12.1 Å². The first kappa shape index (κ1) is 12.8. The smallest absolute Gasteiger partial charge is 0.339 e. The molecule has 2 rings (SSSR count). The number of piperidine rings is 1. The Labute approximate surface area is 107 Å². The summed E-state index contributed by atoms with van der Waals surface area (Å²) in [6.45, 7) is 3.73. The maximum atomic E-state index is 11.4. The number of ether oxygens (including phenoxy) is 2. The average molecular weight is 250 g/mol. The van der Waals surface area contributed by atoms with Crippen LogP contribution in [0, 0.1) is 6.92 Å². The van der Waals surface area contributed by atoms with Crippen LogP contribution in [-0.2, 0) is 4.74 Å². The van der Waals surface area contributed by atoms with Crippen molar-refractivity contribution in [2.75, 3.05) is 20.2 Å². The van der Waals surface area contributed by atoms with Gasteiger partial charge in [-0.1, -0.05) is 0 Å². The van der Waals surface area contributed by atoms with E-state index in [9.17, 15) is 4.79 Å². The Kier molecular flexibility index (Phi) is 4.15. The van der Waals surface area contributed by atoms with Crippen molar-refractivity contribution in [1.82, 2.24) is 10.3 Å². The highest BCUT2D eigenvalue weighted by molar-refractivity contribution is 5.90. The van der Waals surface area contributed by atoms with Gasteiger partial charge in [-0.05, 0) is 38.9 Å². The molecule has 0 aromatic carbocycles. The fraction of sp³-hybridized carbons (Fsp3) is 0.538. The minimum Gasteiger partial charge on any atom is -0.474 e. The maximum Gasteiger partial charge on any atom is 0.339 e. The van der Waals surface area contributed by atoms with Crippen LogP contribution < -0.4 is 10.1 Å². The number of nitrogens with zero attached hydrogens (tertiary/aromatic N) is 1. The number of hydrogen-bond donors (Lipinski definition) is 1. The van der Waals surface area contributed by atoms with Gasteiger partial charge in [0, 0.05) is 6.07 Å². The lowest BCUT2D eigenvalue weighted by molar-refractivity contribution is 0.0599. The van der Waals surface area contributed by atoms with E-state index in [0.29, 0.717) is 17.1 Å². The summed E-state index contributed by atoms with van der Waals surface area (Å²) in [4.78, 5) is 15.7. The van der Waals surface area contributed by atoms with Crippen molar-refractivity contribution in [1.29, 1.82) is 0 Å². The zero-order valence-corrected chi connectivity index (χ0v) is 10.7. The van der Waals surface area contributed by atoms with Crippen LogP contribution in [0.4, 0.5) is 0 Å². The summed E-state index contributed by atoms with van der Waals surface area (Å²) in [7, 11) is 1.36. The number of pyridine rings is 1. The van der Waals surface area contributed by atoms with Gasteiger partial charge in [-0.3, -0.25) is 0 Å². The van der Waals surface area contributed by atoms with Crippen molar-refractivity contribution in [3.63, 3.8) is 0 Å². The number of aromatic nitrogens is 1. The fourth-order valence-electron chi connectivity index (χ4n) is 2.01. The van der Waals surface area contributed by atoms with Gasteiger partial charge in [0.15, 0.2) is 0 Å². The summed E-state index contributed by atoms with van der Waals surface area (Å²) in [6, 6.07) is 3.42. The van der Waals surface area contributed by atoms with Crippen molar-refractivity contribution in [3.8, 4) is 5.88 Å². The molecular formula is C13H18N2O3. The summed E-state index contributed by atoms with van der Waals surface area (Å²) in [6.07, 6.45) is 2.18. The third kappa shape index (κ3) is 2.98. The molecule has 1 saturated heterocycles. The molecule has 98 valence electrons. The average Bonchev–Trinajstić information content (AvgIpc) is 2.39. The lowest BCUT2D eigenvalue weighted by Crippen LogP contribution is -2.34. The Morgan fingerprint density at radius 3 is 2.72 bits per heavy atom. The number of carbonyl (C=O) groups excluding carboxylic acids is 1. The number of methoxy groups -OCH3 is 1. The van der Waals surface area contributed by atoms with E-state index in [4.69, 9.17) is 4.74 Å². The van der Waals surface area contributed by atoms with Gasteiger partial charge in [-0.25, -0.2) is 9.78 Å². The SMILES string of the molecule is COC(=O)c1ccc(OC2CCNCC2)nc1C. The number of rotatable bonds is 3. The Morgan fingerprint density at radius 1 is 1.39 bits per heavy atom. The van der Waals surface area contributed by atoms with Crippen LogP contribution >= 0.6 is 0 Å². The lowest BCUT2D eigenvalue weighted by Gasteiger charge is -2.23. The Balaban J connectivity index is 2.06. The first-order valence-electron chi connectivity index (χ1n) is 6.14. The second-order valence-corrected chi connectivity index (χ2v) is 4.34. The molecule has 0 unspecified atom stereocenters. The zero-order valence-electron chi connectivity index (χ0n) is 10.7. The van der Waals surface area contributed by atoms with Gasteiger partial charge in [0.2, 0.25) is 5.88 Å². The maximum absolute atomic E-state index is 11.4. The van der Waals surface area contributed by atoms with Crippen LogP contribution in [-0.4, -0.2) is 37.3 Å². The molecule has 1 aliphatic rings. The van der Waals surface area contributed by atoms with Crippen LogP contribution in [0.5, 0.6) is 5.88 Å². The van der Waals surface area contributed by atoms with Gasteiger partial charge >= 0.3 is 5.97 Å². The zero-order chi connectivity index (χ0) is 13.0. The summed E-state index contributed by atoms with van der Waals surface area (Å²) >= 11 is 0. The van der Waals surface area contributed by atoms with Gasteiger partial charge in [0.1, 0.15) is 6.10 Å². The third-order valence-electron chi connectivity index (χ3n) is 3.04. The van der Waals surface area contributed by atoms with Gasteiger partial charge in [0.05, 0.1) is 18.4 Å². The first-order valence-corrected chi connectivity index (χ1v) is 6.14. The molecule has 1 fully saturated rings. The highest BCUT2D eigenvalue weighted by Gasteiger charge is 2.16. The topological polar surface area (TPSA) is 60.5 Å². The van der Waals surface area contributed by atoms with Crippen LogP contribution in [0.3, 0.4) is 0 Å². The van der Waals surface area contributed by atoms with Crippen molar-refractivity contribution >= 4 is 5.97 Å². The number of aryl methyl sites for hydroxylation is 1. The second kappa shape index (κ2) is 5.82. The normalized spacial score (nSPS) is 16.3. The molecule has 2 heterocycles. The van der Waals surface area contributed by atoms with Gasteiger partial charge in [0.25, 0.3) is 0 Å². The van der Waals surface area contributed by atoms with Crippen LogP contribution in [0.1, 0.15) is 28.9 Å². The van der Waals surface area contributed by atoms with Crippen LogP contribution in [0.2, 0.25) is 0 Å². The van der Waals surface area contributed by atoms with Gasteiger partial charge in [-0.2, -0.15) is 0 Å². The predicted molar refractivity (Wildman–Crippen MR) is 66.8 cm³/mol. The van der Waals surface area contributed by atoms with E-state index in [1.54, 1.807) is 19.1 Å². The number of nitrogens with one attached hydrogen (secondary N) is 1. The van der Waals surface area contributed by atoms with Crippen LogP contribution in [0.25, 0.3) is 0 Å². The summed E-state index contributed by atoms with van der Waals surface area (Å²) in [5.74, 6) is 0.209. The fourth-order valence-corrected chi connectivity index (χ4v) is 2.01. The van der Waals surface area contributed by atoms with Crippen LogP contribution in [0.15, 0.2) is 12.1 Å². The molecule has 0 amide bonds. The molecule has 1 aliphatic heterocycles. The van der Waals surface area contributed by atoms with E-state index in [0.717, 1.165) is 25.9 Å². The Hall–Kier alpha value is -1.62. The molecule has 1 aromatic rings. The minimum atomic E-state index is -0.367. The molecule has 1 N–H and O–H groups in total. The van der Waals surface area contributed by atoms with Gasteiger partial charge in [-0.15, -0.1) is 0 Å². The van der Waals surface area contributed by atoms with Crippen molar-refractivity contribution in [2.24, 2.45) is 0 Å². The molecule has 1 aromatic heterocycles. The molecule has 0 saturated carbocycles. The van der Waals surface area contributed by atoms with Crippen molar-refractivity contribution in [3.05, 3.63) is 23.4 Å². The van der Waals surface area contributed by atoms with E-state index >= 15 is 0 Å².